The summed E-state index contributed by atoms with van der Waals surface area (Å²) in [5, 5.41) is 0. The molecule has 22 nitrogen and oxygen atoms in total. The lowest BCUT2D eigenvalue weighted by atomic mass is 10.1. The lowest BCUT2D eigenvalue weighted by Crippen LogP contribution is -2.33. The van der Waals surface area contributed by atoms with Crippen LogP contribution in [0.4, 0.5) is 0 Å². The van der Waals surface area contributed by atoms with Gasteiger partial charge in [0.2, 0.25) is 0 Å². The molecular weight excluding hydrogens is 749 g/mol. The Hall–Kier alpha value is -2.39. The number of hydrogen-bond donors (Lipinski definition) is 6. The molecule has 6 N–H and O–H groups in total. The standard InChI is InChI=1S/C26H41N4O18P3/c1-5-6-7-42-50(38,39)43-13-20-19(10-22(45-20)30-12-15(3)24(32)28-26(30)34)48-51(40,41)46-16(4)8-17-18(47-49(35,36)37)9-21(44-17)29-11-14(2)23(31)27-25(29)33/h11-12,16-22H,5-10,13H2,1-4H3,(H,38,39)(H,40,41)(H,27,31,33)(H,28,32,34)(H2,35,36,37)/t16?,17?,18-,19-,20?,21-,22-/m1/s1. The summed E-state index contributed by atoms with van der Waals surface area (Å²) in [6.45, 7) is 5.22. The second-order valence-corrected chi connectivity index (χ2v) is 16.0. The van der Waals surface area contributed by atoms with Gasteiger partial charge >= 0.3 is 34.8 Å². The average molecular weight is 791 g/mol. The summed E-state index contributed by atoms with van der Waals surface area (Å²) in [5.74, 6) is 0. The Kier molecular flexibility index (Phi) is 13.6. The van der Waals surface area contributed by atoms with E-state index in [4.69, 9.17) is 32.1 Å². The van der Waals surface area contributed by atoms with Crippen LogP contribution in [0.1, 0.15) is 69.5 Å². The number of aromatic nitrogens is 4. The molecule has 0 aromatic carbocycles. The van der Waals surface area contributed by atoms with Gasteiger partial charge in [0.05, 0.1) is 25.4 Å². The highest BCUT2D eigenvalue weighted by atomic mass is 31.2. The van der Waals surface area contributed by atoms with Crippen molar-refractivity contribution < 1.29 is 65.4 Å². The lowest BCUT2D eigenvalue weighted by Gasteiger charge is -2.26. The van der Waals surface area contributed by atoms with E-state index in [1.807, 2.05) is 6.92 Å². The molecule has 25 heteroatoms. The summed E-state index contributed by atoms with van der Waals surface area (Å²) >= 11 is 0. The van der Waals surface area contributed by atoms with Crippen LogP contribution in [0.3, 0.4) is 0 Å². The molecule has 4 rings (SSSR count). The first-order chi connectivity index (χ1) is 23.7. The number of phosphoric ester groups is 3. The van der Waals surface area contributed by atoms with Gasteiger partial charge in [0.1, 0.15) is 30.8 Å². The number of phosphoric acid groups is 3. The summed E-state index contributed by atoms with van der Waals surface area (Å²) in [6, 6.07) is 0. The van der Waals surface area contributed by atoms with Crippen LogP contribution in [0.5, 0.6) is 0 Å². The average Bonchev–Trinajstić information content (AvgIpc) is 3.57. The van der Waals surface area contributed by atoms with Gasteiger partial charge < -0.3 is 29.0 Å². The van der Waals surface area contributed by atoms with Crippen LogP contribution in [0, 0.1) is 13.8 Å². The molecule has 2 fully saturated rings. The zero-order valence-electron chi connectivity index (χ0n) is 27.9. The fraction of sp³-hybridized carbons (Fsp3) is 0.692. The van der Waals surface area contributed by atoms with Gasteiger partial charge in [-0.15, -0.1) is 0 Å². The lowest BCUT2D eigenvalue weighted by molar-refractivity contribution is -0.0532. The fourth-order valence-corrected chi connectivity index (χ4v) is 7.92. The minimum absolute atomic E-state index is 0.0886. The van der Waals surface area contributed by atoms with Gasteiger partial charge in [-0.25, -0.2) is 23.3 Å². The first-order valence-electron chi connectivity index (χ1n) is 15.7. The summed E-state index contributed by atoms with van der Waals surface area (Å²) in [7, 11) is -14.8. The van der Waals surface area contributed by atoms with E-state index in [0.717, 1.165) is 9.13 Å². The molecule has 0 spiro atoms. The Morgan fingerprint density at radius 1 is 0.824 bits per heavy atom. The van der Waals surface area contributed by atoms with Crippen molar-refractivity contribution in [3.63, 3.8) is 0 Å². The third-order valence-corrected chi connectivity index (χ3v) is 10.5. The van der Waals surface area contributed by atoms with Crippen LogP contribution in [0.2, 0.25) is 0 Å². The van der Waals surface area contributed by atoms with Crippen molar-refractivity contribution in [2.24, 2.45) is 0 Å². The number of nitrogens with one attached hydrogen (secondary N) is 2. The second-order valence-electron chi connectivity index (χ2n) is 12.0. The molecule has 2 aliphatic rings. The summed E-state index contributed by atoms with van der Waals surface area (Å²) in [6.07, 6.45) is -6.23. The predicted molar refractivity (Wildman–Crippen MR) is 173 cm³/mol. The minimum Gasteiger partial charge on any atom is -0.352 e. The van der Waals surface area contributed by atoms with Gasteiger partial charge in [-0.05, 0) is 27.2 Å². The molecule has 4 heterocycles. The van der Waals surface area contributed by atoms with Gasteiger partial charge in [0.25, 0.3) is 11.1 Å². The number of unbranched alkanes of at least 4 members (excludes halogenated alkanes) is 1. The zero-order chi connectivity index (χ0) is 37.9. The van der Waals surface area contributed by atoms with Crippen molar-refractivity contribution in [2.45, 2.75) is 103 Å². The molecule has 9 atom stereocenters. The Morgan fingerprint density at radius 2 is 1.33 bits per heavy atom. The number of aromatic amines is 2. The van der Waals surface area contributed by atoms with E-state index < -0.39 is 95.5 Å². The van der Waals surface area contributed by atoms with E-state index in [-0.39, 0.29) is 37.0 Å². The van der Waals surface area contributed by atoms with Gasteiger partial charge in [0, 0.05) is 42.8 Å². The maximum atomic E-state index is 13.3. The van der Waals surface area contributed by atoms with E-state index in [2.05, 4.69) is 9.97 Å². The minimum atomic E-state index is -5.09. The molecule has 2 saturated heterocycles. The summed E-state index contributed by atoms with van der Waals surface area (Å²) in [5.41, 5.74) is -2.73. The van der Waals surface area contributed by atoms with Crippen molar-refractivity contribution in [3.8, 4) is 0 Å². The van der Waals surface area contributed by atoms with E-state index in [1.165, 1.54) is 33.2 Å². The Bertz CT molecular complexity index is 1920. The van der Waals surface area contributed by atoms with Crippen LogP contribution in [-0.2, 0) is 45.8 Å². The fourth-order valence-electron chi connectivity index (χ4n) is 5.42. The molecule has 0 radical (unpaired) electrons. The highest BCUT2D eigenvalue weighted by molar-refractivity contribution is 7.47. The maximum Gasteiger partial charge on any atom is 0.472 e. The molecular formula is C26H41N4O18P3. The molecule has 5 unspecified atom stereocenters. The van der Waals surface area contributed by atoms with Crippen LogP contribution < -0.4 is 22.5 Å². The Labute approximate surface area is 289 Å². The molecule has 2 aliphatic heterocycles. The van der Waals surface area contributed by atoms with Gasteiger partial charge in [-0.2, -0.15) is 0 Å². The van der Waals surface area contributed by atoms with Crippen molar-refractivity contribution in [1.29, 1.82) is 0 Å². The molecule has 2 aromatic heterocycles. The number of H-pyrrole nitrogens is 2. The highest BCUT2D eigenvalue weighted by Gasteiger charge is 2.45. The van der Waals surface area contributed by atoms with Crippen molar-refractivity contribution >= 4 is 23.5 Å². The quantitative estimate of drug-likeness (QED) is 0.0960. The second kappa shape index (κ2) is 16.7. The summed E-state index contributed by atoms with van der Waals surface area (Å²) in [4.78, 5) is 92.7. The number of ether oxygens (including phenoxy) is 2. The van der Waals surface area contributed by atoms with Gasteiger partial charge in [-0.1, -0.05) is 13.3 Å². The number of aryl methyl sites for hydroxylation is 2. The number of rotatable bonds is 17. The maximum absolute atomic E-state index is 13.3. The summed E-state index contributed by atoms with van der Waals surface area (Å²) < 4.78 is 76.6. The molecule has 0 aliphatic carbocycles. The Morgan fingerprint density at radius 3 is 1.84 bits per heavy atom. The van der Waals surface area contributed by atoms with E-state index in [1.54, 1.807) is 0 Å². The molecule has 288 valence electrons. The molecule has 2 aromatic rings. The van der Waals surface area contributed by atoms with Crippen LogP contribution in [-0.4, -0.2) is 82.4 Å². The monoisotopic (exact) mass is 790 g/mol. The molecule has 0 bridgehead atoms. The third kappa shape index (κ3) is 11.5. The molecule has 51 heavy (non-hydrogen) atoms. The smallest absolute Gasteiger partial charge is 0.352 e. The number of nitrogens with zero attached hydrogens (tertiary/aromatic N) is 2. The van der Waals surface area contributed by atoms with Crippen LogP contribution in [0.15, 0.2) is 31.6 Å². The van der Waals surface area contributed by atoms with E-state index in [9.17, 15) is 52.4 Å². The van der Waals surface area contributed by atoms with Gasteiger partial charge in [-0.3, -0.25) is 51.3 Å². The van der Waals surface area contributed by atoms with E-state index in [0.29, 0.717) is 12.8 Å². The van der Waals surface area contributed by atoms with Crippen LogP contribution >= 0.6 is 23.5 Å². The zero-order valence-corrected chi connectivity index (χ0v) is 30.6. The predicted octanol–water partition coefficient (Wildman–Crippen LogP) is 0.971. The molecule has 0 amide bonds. The largest absolute Gasteiger partial charge is 0.472 e. The van der Waals surface area contributed by atoms with Crippen molar-refractivity contribution in [1.82, 2.24) is 19.1 Å². The van der Waals surface area contributed by atoms with Crippen LogP contribution in [0.25, 0.3) is 0 Å². The Balaban J connectivity index is 1.49. The van der Waals surface area contributed by atoms with E-state index >= 15 is 0 Å². The van der Waals surface area contributed by atoms with Gasteiger partial charge in [0.15, 0.2) is 0 Å². The normalized spacial score (nSPS) is 26.9. The highest BCUT2D eigenvalue weighted by Crippen LogP contribution is 2.52. The first kappa shape index (κ1) is 41.4. The SMILES string of the molecule is CCCCOP(=O)(O)OCC1O[C@@H](n2cc(C)c(=O)[nH]c2=O)C[C@H]1OP(=O)(O)OC(C)CC1O[C@@H](n2cc(C)c(=O)[nH]c2=O)C[C@H]1OP(=O)(O)O. The topological polar surface area (TPSA) is 306 Å². The van der Waals surface area contributed by atoms with Crippen molar-refractivity contribution in [3.05, 3.63) is 65.2 Å². The molecule has 0 saturated carbocycles. The first-order valence-corrected chi connectivity index (χ1v) is 20.2. The van der Waals surface area contributed by atoms with Crippen molar-refractivity contribution in [2.75, 3.05) is 13.2 Å². The third-order valence-electron chi connectivity index (χ3n) is 7.85. The number of hydrogen-bond acceptors (Lipinski definition) is 14.